The van der Waals surface area contributed by atoms with E-state index in [0.29, 0.717) is 22.8 Å². The number of nitrogens with zero attached hydrogens (tertiary/aromatic N) is 1. The molecule has 2 rings (SSSR count). The summed E-state index contributed by atoms with van der Waals surface area (Å²) in [6, 6.07) is 13.7. The van der Waals surface area contributed by atoms with Gasteiger partial charge in [0, 0.05) is 23.7 Å². The van der Waals surface area contributed by atoms with Crippen LogP contribution in [0.3, 0.4) is 0 Å². The van der Waals surface area contributed by atoms with E-state index in [-0.39, 0.29) is 23.9 Å². The monoisotopic (exact) mass is 400 g/mol. The molecule has 0 spiro atoms. The third-order valence-corrected chi connectivity index (χ3v) is 5.13. The summed E-state index contributed by atoms with van der Waals surface area (Å²) < 4.78 is 25.3. The zero-order valence-electron chi connectivity index (χ0n) is 13.6. The highest BCUT2D eigenvalue weighted by Crippen LogP contribution is 2.30. The molecule has 0 atom stereocenters. The standard InChI is InChI=1S/C17H18Cl2N2O3S/c1-25(23,24)21(16-12-13(18)9-10-15(16)19)11-5-8-17(22)20-14-6-3-2-4-7-14/h2-4,6-7,9-10,12H,5,8,11H2,1H3,(H,20,22). The minimum absolute atomic E-state index is 0.126. The topological polar surface area (TPSA) is 66.5 Å². The van der Waals surface area contributed by atoms with Crippen LogP contribution in [0.25, 0.3) is 0 Å². The SMILES string of the molecule is CS(=O)(=O)N(CCCC(=O)Nc1ccccc1)c1cc(Cl)ccc1Cl. The van der Waals surface area contributed by atoms with Crippen molar-refractivity contribution in [3.8, 4) is 0 Å². The van der Waals surface area contributed by atoms with Crippen molar-refractivity contribution < 1.29 is 13.2 Å². The first-order valence-electron chi connectivity index (χ1n) is 7.55. The first-order valence-corrected chi connectivity index (χ1v) is 10.2. The molecule has 25 heavy (non-hydrogen) atoms. The van der Waals surface area contributed by atoms with Crippen LogP contribution in [-0.4, -0.2) is 27.1 Å². The molecule has 2 aromatic carbocycles. The Kier molecular flexibility index (Phi) is 6.70. The highest BCUT2D eigenvalue weighted by atomic mass is 35.5. The minimum atomic E-state index is -3.56. The molecule has 0 unspecified atom stereocenters. The first kappa shape index (κ1) is 19.6. The Balaban J connectivity index is 2.02. The maximum atomic E-state index is 12.1. The van der Waals surface area contributed by atoms with Crippen LogP contribution in [0.1, 0.15) is 12.8 Å². The van der Waals surface area contributed by atoms with Crippen LogP contribution < -0.4 is 9.62 Å². The predicted octanol–water partition coefficient (Wildman–Crippen LogP) is 4.18. The van der Waals surface area contributed by atoms with Gasteiger partial charge in [-0.1, -0.05) is 41.4 Å². The third-order valence-electron chi connectivity index (χ3n) is 3.40. The number of sulfonamides is 1. The average Bonchev–Trinajstić information content (AvgIpc) is 2.54. The van der Waals surface area contributed by atoms with E-state index in [4.69, 9.17) is 23.2 Å². The number of halogens is 2. The third kappa shape index (κ3) is 5.92. The molecule has 0 fully saturated rings. The second-order valence-electron chi connectivity index (χ2n) is 5.45. The molecule has 0 heterocycles. The molecule has 0 aliphatic carbocycles. The number of benzene rings is 2. The lowest BCUT2D eigenvalue weighted by Gasteiger charge is -2.23. The molecular weight excluding hydrogens is 383 g/mol. The summed E-state index contributed by atoms with van der Waals surface area (Å²) >= 11 is 12.0. The smallest absolute Gasteiger partial charge is 0.232 e. The number of hydrogen-bond donors (Lipinski definition) is 1. The highest BCUT2D eigenvalue weighted by Gasteiger charge is 2.20. The maximum absolute atomic E-state index is 12.1. The Labute approximate surface area is 157 Å². The van der Waals surface area contributed by atoms with Gasteiger partial charge in [-0.2, -0.15) is 0 Å². The van der Waals surface area contributed by atoms with Gasteiger partial charge in [-0.3, -0.25) is 9.10 Å². The van der Waals surface area contributed by atoms with Gasteiger partial charge in [0.2, 0.25) is 15.9 Å². The molecule has 134 valence electrons. The zero-order valence-corrected chi connectivity index (χ0v) is 15.9. The van der Waals surface area contributed by atoms with Gasteiger partial charge in [0.15, 0.2) is 0 Å². The van der Waals surface area contributed by atoms with Gasteiger partial charge in [0.25, 0.3) is 0 Å². The fourth-order valence-electron chi connectivity index (χ4n) is 2.27. The summed E-state index contributed by atoms with van der Waals surface area (Å²) in [6.45, 7) is 0.126. The Morgan fingerprint density at radius 1 is 1.12 bits per heavy atom. The summed E-state index contributed by atoms with van der Waals surface area (Å²) in [5.74, 6) is -0.183. The van der Waals surface area contributed by atoms with Crippen LogP contribution >= 0.6 is 23.2 Å². The quantitative estimate of drug-likeness (QED) is 0.757. The molecular formula is C17H18Cl2N2O3S. The van der Waals surface area contributed by atoms with Gasteiger partial charge in [-0.25, -0.2) is 8.42 Å². The van der Waals surface area contributed by atoms with Gasteiger partial charge in [-0.15, -0.1) is 0 Å². The number of nitrogens with one attached hydrogen (secondary N) is 1. The van der Waals surface area contributed by atoms with E-state index in [1.165, 1.54) is 6.07 Å². The van der Waals surface area contributed by atoms with Crippen molar-refractivity contribution in [2.45, 2.75) is 12.8 Å². The van der Waals surface area contributed by atoms with Crippen LogP contribution in [0.4, 0.5) is 11.4 Å². The lowest BCUT2D eigenvalue weighted by molar-refractivity contribution is -0.116. The molecule has 1 N–H and O–H groups in total. The van der Waals surface area contributed by atoms with Gasteiger partial charge < -0.3 is 5.32 Å². The van der Waals surface area contributed by atoms with E-state index < -0.39 is 10.0 Å². The normalized spacial score (nSPS) is 11.2. The molecule has 0 bridgehead atoms. The van der Waals surface area contributed by atoms with Gasteiger partial charge in [0.05, 0.1) is 17.0 Å². The number of carbonyl (C=O) groups excluding carboxylic acids is 1. The molecule has 5 nitrogen and oxygen atoms in total. The van der Waals surface area contributed by atoms with Crippen molar-refractivity contribution in [3.05, 3.63) is 58.6 Å². The molecule has 0 saturated carbocycles. The van der Waals surface area contributed by atoms with E-state index in [0.717, 1.165) is 10.6 Å². The summed E-state index contributed by atoms with van der Waals surface area (Å²) in [5.41, 5.74) is 1.01. The number of anilines is 2. The fourth-order valence-corrected chi connectivity index (χ4v) is 3.68. The zero-order chi connectivity index (χ0) is 18.4. The van der Waals surface area contributed by atoms with Crippen LogP contribution in [0.15, 0.2) is 48.5 Å². The van der Waals surface area contributed by atoms with Crippen molar-refractivity contribution in [1.29, 1.82) is 0 Å². The number of rotatable bonds is 7. The largest absolute Gasteiger partial charge is 0.326 e. The number of para-hydroxylation sites is 1. The van der Waals surface area contributed by atoms with Crippen molar-refractivity contribution >= 4 is 50.5 Å². The average molecular weight is 401 g/mol. The van der Waals surface area contributed by atoms with Crippen molar-refractivity contribution in [3.63, 3.8) is 0 Å². The molecule has 0 aliphatic rings. The summed E-state index contributed by atoms with van der Waals surface area (Å²) in [4.78, 5) is 12.0. The van der Waals surface area contributed by atoms with Gasteiger partial charge >= 0.3 is 0 Å². The number of amides is 1. The van der Waals surface area contributed by atoms with Crippen LogP contribution in [0, 0.1) is 0 Å². The molecule has 0 radical (unpaired) electrons. The summed E-state index contributed by atoms with van der Waals surface area (Å²) in [6.07, 6.45) is 1.61. The van der Waals surface area contributed by atoms with Crippen LogP contribution in [0.5, 0.6) is 0 Å². The van der Waals surface area contributed by atoms with E-state index in [1.54, 1.807) is 24.3 Å². The molecule has 0 aromatic heterocycles. The number of hydrogen-bond acceptors (Lipinski definition) is 3. The lowest BCUT2D eigenvalue weighted by atomic mass is 10.2. The first-order chi connectivity index (χ1) is 11.8. The molecule has 8 heteroatoms. The molecule has 2 aromatic rings. The second kappa shape index (κ2) is 8.56. The highest BCUT2D eigenvalue weighted by molar-refractivity contribution is 7.92. The Hall–Kier alpha value is -1.76. The van der Waals surface area contributed by atoms with Gasteiger partial charge in [0.1, 0.15) is 0 Å². The fraction of sp³-hybridized carbons (Fsp3) is 0.235. The summed E-state index contributed by atoms with van der Waals surface area (Å²) in [5, 5.41) is 3.43. The van der Waals surface area contributed by atoms with Crippen molar-refractivity contribution in [2.24, 2.45) is 0 Å². The van der Waals surface area contributed by atoms with Gasteiger partial charge in [-0.05, 0) is 36.8 Å². The van der Waals surface area contributed by atoms with Crippen molar-refractivity contribution in [2.75, 3.05) is 22.4 Å². The van der Waals surface area contributed by atoms with Crippen LogP contribution in [0.2, 0.25) is 10.0 Å². The lowest BCUT2D eigenvalue weighted by Crippen LogP contribution is -2.31. The van der Waals surface area contributed by atoms with E-state index >= 15 is 0 Å². The second-order valence-corrected chi connectivity index (χ2v) is 8.20. The molecule has 1 amide bonds. The maximum Gasteiger partial charge on any atom is 0.232 e. The van der Waals surface area contributed by atoms with E-state index in [2.05, 4.69) is 5.32 Å². The molecule has 0 saturated heterocycles. The Morgan fingerprint density at radius 3 is 2.44 bits per heavy atom. The van der Waals surface area contributed by atoms with E-state index in [9.17, 15) is 13.2 Å². The Morgan fingerprint density at radius 2 is 1.80 bits per heavy atom. The molecule has 0 aliphatic heterocycles. The Bertz CT molecular complexity index is 842. The minimum Gasteiger partial charge on any atom is -0.326 e. The van der Waals surface area contributed by atoms with Crippen molar-refractivity contribution in [1.82, 2.24) is 0 Å². The summed E-state index contributed by atoms with van der Waals surface area (Å²) in [7, 11) is -3.56. The predicted molar refractivity (Wildman–Crippen MR) is 103 cm³/mol. The number of carbonyl (C=O) groups is 1. The van der Waals surface area contributed by atoms with Crippen LogP contribution in [-0.2, 0) is 14.8 Å². The van der Waals surface area contributed by atoms with E-state index in [1.807, 2.05) is 18.2 Å².